The molecule has 1 heterocycles. The summed E-state index contributed by atoms with van der Waals surface area (Å²) in [5.41, 5.74) is 3.70. The van der Waals surface area contributed by atoms with Gasteiger partial charge in [0, 0.05) is 19.6 Å². The summed E-state index contributed by atoms with van der Waals surface area (Å²) in [7, 11) is 0. The smallest absolute Gasteiger partial charge is 0.335 e. The predicted octanol–water partition coefficient (Wildman–Crippen LogP) is 4.20. The molecule has 0 saturated carbocycles. The number of hydrogen-bond donors (Lipinski definition) is 1. The van der Waals surface area contributed by atoms with E-state index in [-0.39, 0.29) is 5.82 Å². The molecule has 0 radical (unpaired) electrons. The van der Waals surface area contributed by atoms with Crippen LogP contribution in [0.1, 0.15) is 34.3 Å². The van der Waals surface area contributed by atoms with E-state index in [2.05, 4.69) is 11.0 Å². The number of carboxylic acids is 1. The van der Waals surface area contributed by atoms with Crippen LogP contribution in [0, 0.1) is 5.82 Å². The van der Waals surface area contributed by atoms with Crippen molar-refractivity contribution < 1.29 is 14.3 Å². The van der Waals surface area contributed by atoms with Crippen molar-refractivity contribution in [2.75, 3.05) is 13.1 Å². The van der Waals surface area contributed by atoms with Crippen molar-refractivity contribution in [1.29, 1.82) is 0 Å². The number of carboxylic acid groups (broad SMARTS) is 1. The number of piperidine rings is 1. The number of carbonyl (C=O) groups is 1. The van der Waals surface area contributed by atoms with Gasteiger partial charge in [0.2, 0.25) is 0 Å². The minimum absolute atomic E-state index is 0.202. The fraction of sp³-hybridized carbons (Fsp3) is 0.250. The van der Waals surface area contributed by atoms with Crippen LogP contribution in [-0.4, -0.2) is 29.1 Å². The second-order valence-electron chi connectivity index (χ2n) is 6.14. The maximum Gasteiger partial charge on any atom is 0.335 e. The molecule has 0 spiro atoms. The zero-order valence-corrected chi connectivity index (χ0v) is 13.4. The molecule has 0 aromatic heterocycles. The van der Waals surface area contributed by atoms with E-state index in [1.54, 1.807) is 24.3 Å². The molecule has 124 valence electrons. The number of rotatable bonds is 4. The van der Waals surface area contributed by atoms with E-state index in [0.29, 0.717) is 5.56 Å². The first-order valence-corrected chi connectivity index (χ1v) is 8.10. The number of hydrogen-bond acceptors (Lipinski definition) is 2. The Morgan fingerprint density at radius 2 is 1.83 bits per heavy atom. The molecule has 2 aromatic rings. The topological polar surface area (TPSA) is 40.5 Å². The van der Waals surface area contributed by atoms with Crippen LogP contribution in [0.2, 0.25) is 0 Å². The van der Waals surface area contributed by atoms with Gasteiger partial charge < -0.3 is 5.11 Å². The van der Waals surface area contributed by atoms with E-state index in [1.165, 1.54) is 11.6 Å². The average molecular weight is 325 g/mol. The minimum Gasteiger partial charge on any atom is -0.478 e. The molecule has 3 nitrogen and oxygen atoms in total. The molecular weight excluding hydrogens is 305 g/mol. The van der Waals surface area contributed by atoms with Gasteiger partial charge in [0.15, 0.2) is 0 Å². The quantitative estimate of drug-likeness (QED) is 0.916. The van der Waals surface area contributed by atoms with Crippen molar-refractivity contribution in [3.8, 4) is 0 Å². The largest absolute Gasteiger partial charge is 0.478 e. The van der Waals surface area contributed by atoms with E-state index in [1.807, 2.05) is 18.2 Å². The number of aromatic carboxylic acids is 1. The maximum atomic E-state index is 13.2. The number of nitrogens with zero attached hydrogens (tertiary/aromatic N) is 1. The van der Waals surface area contributed by atoms with Gasteiger partial charge in [-0.25, -0.2) is 9.18 Å². The second-order valence-corrected chi connectivity index (χ2v) is 6.14. The lowest BCUT2D eigenvalue weighted by molar-refractivity contribution is 0.0697. The summed E-state index contributed by atoms with van der Waals surface area (Å²) >= 11 is 0. The zero-order chi connectivity index (χ0) is 16.9. The highest BCUT2D eigenvalue weighted by Gasteiger charge is 2.14. The molecule has 4 heteroatoms. The monoisotopic (exact) mass is 325 g/mol. The third kappa shape index (κ3) is 4.30. The first-order chi connectivity index (χ1) is 11.6. The molecule has 0 atom stereocenters. The standard InChI is InChI=1S/C20H20FNO2/c21-19-3-1-2-17(13-19)12-15-8-10-22(11-9-15)14-16-4-6-18(7-5-16)20(23)24/h1-7,12-13H,8-11,14H2,(H,23,24). The van der Waals surface area contributed by atoms with Crippen molar-refractivity contribution in [2.45, 2.75) is 19.4 Å². The number of likely N-dealkylation sites (tertiary alicyclic amines) is 1. The van der Waals surface area contributed by atoms with Gasteiger partial charge in [-0.15, -0.1) is 0 Å². The first kappa shape index (κ1) is 16.4. The maximum absolute atomic E-state index is 13.2. The van der Waals surface area contributed by atoms with E-state index < -0.39 is 5.97 Å². The summed E-state index contributed by atoms with van der Waals surface area (Å²) in [5.74, 6) is -1.10. The summed E-state index contributed by atoms with van der Waals surface area (Å²) in [6, 6.07) is 13.7. The van der Waals surface area contributed by atoms with Gasteiger partial charge in [0.05, 0.1) is 5.56 Å². The molecule has 1 saturated heterocycles. The molecule has 1 aliphatic rings. The van der Waals surface area contributed by atoms with Crippen LogP contribution in [0.4, 0.5) is 4.39 Å². The Morgan fingerprint density at radius 1 is 1.12 bits per heavy atom. The van der Waals surface area contributed by atoms with Gasteiger partial charge >= 0.3 is 5.97 Å². The Hall–Kier alpha value is -2.46. The summed E-state index contributed by atoms with van der Waals surface area (Å²) in [5, 5.41) is 8.92. The van der Waals surface area contributed by atoms with Crippen molar-refractivity contribution >= 4 is 12.0 Å². The fourth-order valence-electron chi connectivity index (χ4n) is 2.99. The van der Waals surface area contributed by atoms with Crippen LogP contribution >= 0.6 is 0 Å². The first-order valence-electron chi connectivity index (χ1n) is 8.10. The molecule has 2 aromatic carbocycles. The summed E-state index contributed by atoms with van der Waals surface area (Å²) in [4.78, 5) is 13.2. The molecule has 1 aliphatic heterocycles. The van der Waals surface area contributed by atoms with E-state index in [9.17, 15) is 9.18 Å². The van der Waals surface area contributed by atoms with Crippen LogP contribution < -0.4 is 0 Å². The molecule has 0 bridgehead atoms. The van der Waals surface area contributed by atoms with E-state index in [0.717, 1.165) is 43.6 Å². The van der Waals surface area contributed by atoms with Crippen LogP contribution in [0.25, 0.3) is 6.08 Å². The van der Waals surface area contributed by atoms with Crippen molar-refractivity contribution in [3.63, 3.8) is 0 Å². The Balaban J connectivity index is 1.56. The molecule has 3 rings (SSSR count). The highest BCUT2D eigenvalue weighted by molar-refractivity contribution is 5.87. The second kappa shape index (κ2) is 7.41. The Labute approximate surface area is 141 Å². The van der Waals surface area contributed by atoms with Crippen LogP contribution in [0.15, 0.2) is 54.1 Å². The lowest BCUT2D eigenvalue weighted by atomic mass is 10.0. The van der Waals surface area contributed by atoms with Crippen molar-refractivity contribution in [2.24, 2.45) is 0 Å². The van der Waals surface area contributed by atoms with Gasteiger partial charge in [0.25, 0.3) is 0 Å². The van der Waals surface area contributed by atoms with Gasteiger partial charge in [-0.05, 0) is 48.2 Å². The van der Waals surface area contributed by atoms with Crippen LogP contribution in [0.3, 0.4) is 0 Å². The molecule has 1 N–H and O–H groups in total. The van der Waals surface area contributed by atoms with Crippen LogP contribution in [-0.2, 0) is 6.54 Å². The van der Waals surface area contributed by atoms with Gasteiger partial charge in [-0.2, -0.15) is 0 Å². The third-order valence-electron chi connectivity index (χ3n) is 4.32. The van der Waals surface area contributed by atoms with Crippen molar-refractivity contribution in [3.05, 3.63) is 76.6 Å². The summed E-state index contributed by atoms with van der Waals surface area (Å²) in [6.07, 6.45) is 4.04. The SMILES string of the molecule is O=C(O)c1ccc(CN2CCC(=Cc3cccc(F)c3)CC2)cc1. The van der Waals surface area contributed by atoms with Gasteiger partial charge in [-0.3, -0.25) is 4.90 Å². The van der Waals surface area contributed by atoms with Crippen molar-refractivity contribution in [1.82, 2.24) is 4.90 Å². The Kier molecular flexibility index (Phi) is 5.06. The summed E-state index contributed by atoms with van der Waals surface area (Å²) in [6.45, 7) is 2.75. The van der Waals surface area contributed by atoms with Gasteiger partial charge in [-0.1, -0.05) is 35.9 Å². The Bertz CT molecular complexity index is 742. The lowest BCUT2D eigenvalue weighted by Crippen LogP contribution is -2.30. The number of halogens is 1. The molecule has 1 fully saturated rings. The fourth-order valence-corrected chi connectivity index (χ4v) is 2.99. The molecular formula is C20H20FNO2. The predicted molar refractivity (Wildman–Crippen MR) is 92.3 cm³/mol. The molecule has 0 unspecified atom stereocenters. The highest BCUT2D eigenvalue weighted by Crippen LogP contribution is 2.21. The normalized spacial score (nSPS) is 15.3. The van der Waals surface area contributed by atoms with Crippen LogP contribution in [0.5, 0.6) is 0 Å². The zero-order valence-electron chi connectivity index (χ0n) is 13.4. The third-order valence-corrected chi connectivity index (χ3v) is 4.32. The van der Waals surface area contributed by atoms with E-state index >= 15 is 0 Å². The molecule has 24 heavy (non-hydrogen) atoms. The number of benzene rings is 2. The highest BCUT2D eigenvalue weighted by atomic mass is 19.1. The summed E-state index contributed by atoms with van der Waals surface area (Å²) < 4.78 is 13.2. The lowest BCUT2D eigenvalue weighted by Gasteiger charge is -2.28. The van der Waals surface area contributed by atoms with E-state index in [4.69, 9.17) is 5.11 Å². The van der Waals surface area contributed by atoms with Gasteiger partial charge in [0.1, 0.15) is 5.82 Å². The molecule has 0 aliphatic carbocycles. The Morgan fingerprint density at radius 3 is 2.46 bits per heavy atom. The molecule has 0 amide bonds. The minimum atomic E-state index is -0.897. The average Bonchev–Trinajstić information content (AvgIpc) is 2.57.